The van der Waals surface area contributed by atoms with Gasteiger partial charge in [0.2, 0.25) is 0 Å². The van der Waals surface area contributed by atoms with E-state index in [1.807, 2.05) is 54.6 Å². The molecule has 3 amide bonds. The Bertz CT molecular complexity index is 1640. The van der Waals surface area contributed by atoms with Crippen molar-refractivity contribution in [3.8, 4) is 0 Å². The maximum Gasteiger partial charge on any atom is 0.501 e. The number of pyridine rings is 1. The van der Waals surface area contributed by atoms with Gasteiger partial charge in [-0.1, -0.05) is 48.5 Å². The fourth-order valence-electron chi connectivity index (χ4n) is 4.64. The zero-order chi connectivity index (χ0) is 27.1. The molecule has 38 heavy (non-hydrogen) atoms. The minimum atomic E-state index is -5.58. The van der Waals surface area contributed by atoms with E-state index in [-0.39, 0.29) is 18.5 Å². The molecule has 2 heterocycles. The van der Waals surface area contributed by atoms with Gasteiger partial charge in [-0.3, -0.25) is 9.78 Å². The van der Waals surface area contributed by atoms with Gasteiger partial charge in [0.05, 0.1) is 16.1 Å². The number of para-hydroxylation sites is 1. The van der Waals surface area contributed by atoms with E-state index in [1.165, 1.54) is 0 Å². The van der Waals surface area contributed by atoms with Crippen molar-refractivity contribution in [2.45, 2.75) is 28.8 Å². The normalized spacial score (nSPS) is 18.1. The third-order valence-electron chi connectivity index (χ3n) is 6.45. The van der Waals surface area contributed by atoms with Crippen LogP contribution in [0.1, 0.15) is 11.1 Å². The molecule has 3 aromatic carbocycles. The van der Waals surface area contributed by atoms with Crippen molar-refractivity contribution in [3.63, 3.8) is 0 Å². The van der Waals surface area contributed by atoms with Crippen molar-refractivity contribution in [1.82, 2.24) is 10.3 Å². The fraction of sp³-hybridized carbons (Fsp3) is 0.148. The SMILES string of the molecule is O=C1N[C@](Cc2ccccc2)(Cc2ccnc3ccccc23)C(=O)N1c1ccc(S(=O)(=O)C(F)(F)F)cc1. The van der Waals surface area contributed by atoms with Crippen molar-refractivity contribution in [1.29, 1.82) is 0 Å². The summed E-state index contributed by atoms with van der Waals surface area (Å²) < 4.78 is 62.3. The van der Waals surface area contributed by atoms with Crippen LogP contribution >= 0.6 is 0 Å². The maximum absolute atomic E-state index is 14.0. The summed E-state index contributed by atoms with van der Waals surface area (Å²) >= 11 is 0. The number of hydrogen-bond donors (Lipinski definition) is 1. The summed E-state index contributed by atoms with van der Waals surface area (Å²) in [5, 5.41) is 3.63. The molecule has 0 bridgehead atoms. The van der Waals surface area contributed by atoms with Crippen molar-refractivity contribution in [3.05, 3.63) is 102 Å². The molecule has 1 saturated heterocycles. The summed E-state index contributed by atoms with van der Waals surface area (Å²) in [7, 11) is -5.58. The lowest BCUT2D eigenvalue weighted by Crippen LogP contribution is -2.51. The Morgan fingerprint density at radius 1 is 0.842 bits per heavy atom. The number of sulfone groups is 1. The van der Waals surface area contributed by atoms with Crippen molar-refractivity contribution in [2.24, 2.45) is 0 Å². The van der Waals surface area contributed by atoms with Gasteiger partial charge in [0.15, 0.2) is 0 Å². The number of halogens is 3. The molecule has 4 aromatic rings. The highest BCUT2D eigenvalue weighted by molar-refractivity contribution is 7.92. The van der Waals surface area contributed by atoms with Crippen molar-refractivity contribution in [2.75, 3.05) is 4.90 Å². The van der Waals surface area contributed by atoms with Gasteiger partial charge in [0, 0.05) is 24.4 Å². The summed E-state index contributed by atoms with van der Waals surface area (Å²) in [6, 6.07) is 21.0. The standard InChI is InChI=1S/C27H20F3N3O4S/c28-27(29,30)38(36,37)21-12-10-20(11-13-21)33-24(34)26(32-25(33)35,16-18-6-2-1-3-7-18)17-19-14-15-31-23-9-5-4-8-22(19)23/h1-15H,16-17H2,(H,32,35)/t26-/m1/s1. The van der Waals surface area contributed by atoms with Crippen LogP contribution in [0.4, 0.5) is 23.7 Å². The van der Waals surface area contributed by atoms with Crippen molar-refractivity contribution >= 4 is 38.4 Å². The Balaban J connectivity index is 1.55. The van der Waals surface area contributed by atoms with E-state index in [4.69, 9.17) is 0 Å². The summed E-state index contributed by atoms with van der Waals surface area (Å²) in [4.78, 5) is 31.3. The number of hydrogen-bond acceptors (Lipinski definition) is 5. The van der Waals surface area contributed by atoms with Gasteiger partial charge in [-0.15, -0.1) is 0 Å². The number of amides is 3. The number of nitrogens with one attached hydrogen (secondary N) is 1. The van der Waals surface area contributed by atoms with E-state index >= 15 is 0 Å². The molecule has 1 fully saturated rings. The van der Waals surface area contributed by atoms with Crippen LogP contribution in [0, 0.1) is 0 Å². The van der Waals surface area contributed by atoms with Gasteiger partial charge in [0.25, 0.3) is 15.7 Å². The molecule has 0 radical (unpaired) electrons. The predicted octanol–water partition coefficient (Wildman–Crippen LogP) is 4.81. The Morgan fingerprint density at radius 3 is 2.18 bits per heavy atom. The van der Waals surface area contributed by atoms with E-state index in [0.29, 0.717) is 0 Å². The van der Waals surface area contributed by atoms with Crippen molar-refractivity contribution < 1.29 is 31.2 Å². The Morgan fingerprint density at radius 2 is 1.50 bits per heavy atom. The summed E-state index contributed by atoms with van der Waals surface area (Å²) in [5.41, 5.74) is -4.67. The number of aromatic nitrogens is 1. The molecule has 1 atom stereocenters. The van der Waals surface area contributed by atoms with E-state index in [1.54, 1.807) is 12.3 Å². The molecule has 0 spiro atoms. The molecule has 1 N–H and O–H groups in total. The number of nitrogens with zero attached hydrogens (tertiary/aromatic N) is 2. The number of benzene rings is 3. The van der Waals surface area contributed by atoms with E-state index in [0.717, 1.165) is 51.2 Å². The third kappa shape index (κ3) is 4.38. The topological polar surface area (TPSA) is 96.4 Å². The second kappa shape index (κ2) is 9.25. The predicted molar refractivity (Wildman–Crippen MR) is 134 cm³/mol. The Hall–Kier alpha value is -4.25. The lowest BCUT2D eigenvalue weighted by atomic mass is 9.83. The van der Waals surface area contributed by atoms with Crippen LogP contribution in [0.2, 0.25) is 0 Å². The second-order valence-corrected chi connectivity index (χ2v) is 10.9. The van der Waals surface area contributed by atoms with E-state index in [2.05, 4.69) is 10.3 Å². The molecular weight excluding hydrogens is 519 g/mol. The average Bonchev–Trinajstić information content (AvgIpc) is 3.12. The number of anilines is 1. The third-order valence-corrected chi connectivity index (χ3v) is 7.95. The molecule has 5 rings (SSSR count). The van der Waals surface area contributed by atoms with Crippen LogP contribution in [0.5, 0.6) is 0 Å². The van der Waals surface area contributed by atoms with Crippen LogP contribution < -0.4 is 10.2 Å². The number of urea groups is 1. The number of carbonyl (C=O) groups is 2. The zero-order valence-corrected chi connectivity index (χ0v) is 20.5. The fourth-order valence-corrected chi connectivity index (χ4v) is 5.41. The van der Waals surface area contributed by atoms with Gasteiger partial charge in [-0.05, 0) is 47.5 Å². The van der Waals surface area contributed by atoms with Crippen LogP contribution in [0.3, 0.4) is 0 Å². The van der Waals surface area contributed by atoms with E-state index in [9.17, 15) is 31.2 Å². The summed E-state index contributed by atoms with van der Waals surface area (Å²) in [6.45, 7) is 0. The first-order valence-electron chi connectivity index (χ1n) is 11.5. The first kappa shape index (κ1) is 25.4. The van der Waals surface area contributed by atoms with Gasteiger partial charge in [-0.2, -0.15) is 13.2 Å². The number of alkyl halides is 3. The second-order valence-electron chi connectivity index (χ2n) is 8.92. The van der Waals surface area contributed by atoms with Gasteiger partial charge < -0.3 is 5.32 Å². The number of imide groups is 1. The smallest absolute Gasteiger partial charge is 0.322 e. The number of carbonyl (C=O) groups excluding carboxylic acids is 2. The lowest BCUT2D eigenvalue weighted by Gasteiger charge is -2.28. The molecule has 11 heteroatoms. The minimum Gasteiger partial charge on any atom is -0.322 e. The molecule has 194 valence electrons. The maximum atomic E-state index is 14.0. The van der Waals surface area contributed by atoms with E-state index < -0.39 is 37.7 Å². The molecule has 0 unspecified atom stereocenters. The first-order chi connectivity index (χ1) is 18.0. The molecule has 7 nitrogen and oxygen atoms in total. The number of fused-ring (bicyclic) bond motifs is 1. The highest BCUT2D eigenvalue weighted by atomic mass is 32.2. The largest absolute Gasteiger partial charge is 0.501 e. The molecule has 1 aliphatic heterocycles. The molecular formula is C27H20F3N3O4S. The van der Waals surface area contributed by atoms with Crippen LogP contribution in [-0.4, -0.2) is 36.4 Å². The molecule has 0 aliphatic carbocycles. The van der Waals surface area contributed by atoms with Crippen LogP contribution in [-0.2, 0) is 27.5 Å². The summed E-state index contributed by atoms with van der Waals surface area (Å²) in [6.07, 6.45) is 1.88. The highest BCUT2D eigenvalue weighted by Crippen LogP contribution is 2.35. The van der Waals surface area contributed by atoms with Crippen LogP contribution in [0.15, 0.2) is 96.0 Å². The number of rotatable bonds is 6. The Labute approximate surface area is 215 Å². The van der Waals surface area contributed by atoms with Crippen LogP contribution in [0.25, 0.3) is 10.9 Å². The first-order valence-corrected chi connectivity index (χ1v) is 12.9. The zero-order valence-electron chi connectivity index (χ0n) is 19.6. The van der Waals surface area contributed by atoms with Gasteiger partial charge in [-0.25, -0.2) is 18.1 Å². The molecule has 0 saturated carbocycles. The molecule has 1 aromatic heterocycles. The lowest BCUT2D eigenvalue weighted by molar-refractivity contribution is -0.122. The Kier molecular flexibility index (Phi) is 6.18. The highest BCUT2D eigenvalue weighted by Gasteiger charge is 2.52. The summed E-state index contributed by atoms with van der Waals surface area (Å²) in [5.74, 6) is -0.612. The molecule has 1 aliphatic rings. The average molecular weight is 540 g/mol. The monoisotopic (exact) mass is 539 g/mol. The van der Waals surface area contributed by atoms with Gasteiger partial charge in [0.1, 0.15) is 5.54 Å². The minimum absolute atomic E-state index is 0.0526. The van der Waals surface area contributed by atoms with Gasteiger partial charge >= 0.3 is 11.5 Å². The quantitative estimate of drug-likeness (QED) is 0.355.